The lowest BCUT2D eigenvalue weighted by atomic mass is 10.1. The van der Waals surface area contributed by atoms with Gasteiger partial charge in [-0.3, -0.25) is 0 Å². The Morgan fingerprint density at radius 3 is 2.73 bits per heavy atom. The van der Waals surface area contributed by atoms with E-state index in [1.807, 2.05) is 0 Å². The number of aryl methyl sites for hydroxylation is 1. The van der Waals surface area contributed by atoms with Crippen LogP contribution in [0.1, 0.15) is 24.5 Å². The summed E-state index contributed by atoms with van der Waals surface area (Å²) in [7, 11) is 0. The zero-order chi connectivity index (χ0) is 11.1. The van der Waals surface area contributed by atoms with E-state index in [9.17, 15) is 0 Å². The lowest BCUT2D eigenvalue weighted by molar-refractivity contribution is 0.523. The molecule has 0 spiro atoms. The minimum atomic E-state index is 0.527. The smallest absolute Gasteiger partial charge is 0.00508 e. The van der Waals surface area contributed by atoms with Crippen LogP contribution in [0.2, 0.25) is 0 Å². The van der Waals surface area contributed by atoms with Crippen molar-refractivity contribution in [2.45, 2.75) is 32.7 Å². The van der Waals surface area contributed by atoms with Gasteiger partial charge in [0.05, 0.1) is 0 Å². The summed E-state index contributed by atoms with van der Waals surface area (Å²) >= 11 is 0. The monoisotopic (exact) mass is 206 g/mol. The second-order valence-electron chi connectivity index (χ2n) is 4.11. The molecule has 15 heavy (non-hydrogen) atoms. The average Bonchev–Trinajstić information content (AvgIpc) is 2.21. The summed E-state index contributed by atoms with van der Waals surface area (Å²) in [5.41, 5.74) is 8.31. The van der Waals surface area contributed by atoms with Crippen molar-refractivity contribution in [2.75, 3.05) is 13.1 Å². The SMILES string of the molecule is Cc1ccccc1CCNC(C)CCN. The average molecular weight is 206 g/mol. The third-order valence-corrected chi connectivity index (χ3v) is 2.75. The molecule has 0 radical (unpaired) electrons. The molecular weight excluding hydrogens is 184 g/mol. The quantitative estimate of drug-likeness (QED) is 0.745. The van der Waals surface area contributed by atoms with Gasteiger partial charge in [-0.2, -0.15) is 0 Å². The molecule has 0 saturated heterocycles. The van der Waals surface area contributed by atoms with Crippen LogP contribution in [0, 0.1) is 6.92 Å². The van der Waals surface area contributed by atoms with Gasteiger partial charge in [0.2, 0.25) is 0 Å². The Morgan fingerprint density at radius 1 is 1.33 bits per heavy atom. The second-order valence-corrected chi connectivity index (χ2v) is 4.11. The van der Waals surface area contributed by atoms with Gasteiger partial charge in [-0.25, -0.2) is 0 Å². The van der Waals surface area contributed by atoms with Gasteiger partial charge in [-0.15, -0.1) is 0 Å². The number of hydrogen-bond donors (Lipinski definition) is 2. The van der Waals surface area contributed by atoms with E-state index in [2.05, 4.69) is 43.4 Å². The molecule has 0 saturated carbocycles. The second kappa shape index (κ2) is 6.59. The molecule has 0 aliphatic heterocycles. The van der Waals surface area contributed by atoms with E-state index in [4.69, 9.17) is 5.73 Å². The minimum Gasteiger partial charge on any atom is -0.330 e. The first kappa shape index (κ1) is 12.2. The third kappa shape index (κ3) is 4.45. The van der Waals surface area contributed by atoms with Gasteiger partial charge in [0, 0.05) is 6.04 Å². The topological polar surface area (TPSA) is 38.0 Å². The van der Waals surface area contributed by atoms with Crippen molar-refractivity contribution < 1.29 is 0 Å². The molecule has 0 fully saturated rings. The molecular formula is C13H22N2. The zero-order valence-electron chi connectivity index (χ0n) is 9.79. The van der Waals surface area contributed by atoms with Crippen molar-refractivity contribution in [1.29, 1.82) is 0 Å². The van der Waals surface area contributed by atoms with Crippen molar-refractivity contribution in [2.24, 2.45) is 5.73 Å². The van der Waals surface area contributed by atoms with Crippen LogP contribution in [0.5, 0.6) is 0 Å². The van der Waals surface area contributed by atoms with E-state index in [0.717, 1.165) is 25.9 Å². The fourth-order valence-electron chi connectivity index (χ4n) is 1.70. The highest BCUT2D eigenvalue weighted by molar-refractivity contribution is 5.25. The van der Waals surface area contributed by atoms with Crippen molar-refractivity contribution in [1.82, 2.24) is 5.32 Å². The first-order valence-corrected chi connectivity index (χ1v) is 5.72. The standard InChI is InChI=1S/C13H22N2/c1-11-5-3-4-6-13(11)8-10-15-12(2)7-9-14/h3-6,12,15H,7-10,14H2,1-2H3. The molecule has 1 unspecified atom stereocenters. The van der Waals surface area contributed by atoms with Crippen molar-refractivity contribution in [3.05, 3.63) is 35.4 Å². The van der Waals surface area contributed by atoms with Crippen LogP contribution < -0.4 is 11.1 Å². The summed E-state index contributed by atoms with van der Waals surface area (Å²) in [6.07, 6.45) is 2.15. The highest BCUT2D eigenvalue weighted by atomic mass is 14.9. The summed E-state index contributed by atoms with van der Waals surface area (Å²) in [5, 5.41) is 3.48. The van der Waals surface area contributed by atoms with Crippen LogP contribution >= 0.6 is 0 Å². The molecule has 0 amide bonds. The number of hydrogen-bond acceptors (Lipinski definition) is 2. The Labute approximate surface area is 92.9 Å². The van der Waals surface area contributed by atoms with Gasteiger partial charge >= 0.3 is 0 Å². The Balaban J connectivity index is 2.29. The number of nitrogens with two attached hydrogens (primary N) is 1. The minimum absolute atomic E-state index is 0.527. The molecule has 0 bridgehead atoms. The van der Waals surface area contributed by atoms with Crippen molar-refractivity contribution >= 4 is 0 Å². The maximum absolute atomic E-state index is 5.50. The Bertz CT molecular complexity index is 284. The summed E-state index contributed by atoms with van der Waals surface area (Å²) in [6, 6.07) is 9.08. The highest BCUT2D eigenvalue weighted by Gasteiger charge is 2.00. The summed E-state index contributed by atoms with van der Waals surface area (Å²) in [5.74, 6) is 0. The lowest BCUT2D eigenvalue weighted by Crippen LogP contribution is -2.30. The Hall–Kier alpha value is -0.860. The van der Waals surface area contributed by atoms with Crippen LogP contribution in [0.3, 0.4) is 0 Å². The summed E-state index contributed by atoms with van der Waals surface area (Å²) in [6.45, 7) is 6.15. The zero-order valence-corrected chi connectivity index (χ0v) is 9.79. The molecule has 0 aliphatic rings. The highest BCUT2D eigenvalue weighted by Crippen LogP contribution is 2.06. The van der Waals surface area contributed by atoms with Gasteiger partial charge in [0.15, 0.2) is 0 Å². The van der Waals surface area contributed by atoms with E-state index in [0.29, 0.717) is 6.04 Å². The molecule has 0 aromatic heterocycles. The van der Waals surface area contributed by atoms with Crippen LogP contribution in [0.25, 0.3) is 0 Å². The number of nitrogens with one attached hydrogen (secondary N) is 1. The van der Waals surface area contributed by atoms with Crippen LogP contribution in [-0.2, 0) is 6.42 Å². The largest absolute Gasteiger partial charge is 0.330 e. The molecule has 1 atom stereocenters. The lowest BCUT2D eigenvalue weighted by Gasteiger charge is -2.13. The van der Waals surface area contributed by atoms with Gasteiger partial charge in [0.1, 0.15) is 0 Å². The van der Waals surface area contributed by atoms with E-state index in [1.54, 1.807) is 0 Å². The van der Waals surface area contributed by atoms with Gasteiger partial charge in [-0.1, -0.05) is 24.3 Å². The molecule has 1 aromatic carbocycles. The number of rotatable bonds is 6. The predicted octanol–water partition coefficient (Wildman–Crippen LogP) is 1.86. The molecule has 1 rings (SSSR count). The normalized spacial score (nSPS) is 12.7. The van der Waals surface area contributed by atoms with E-state index in [1.165, 1.54) is 11.1 Å². The van der Waals surface area contributed by atoms with E-state index < -0.39 is 0 Å². The third-order valence-electron chi connectivity index (χ3n) is 2.75. The maximum Gasteiger partial charge on any atom is 0.00508 e. The van der Waals surface area contributed by atoms with Crippen LogP contribution in [-0.4, -0.2) is 19.1 Å². The first-order chi connectivity index (χ1) is 7.24. The molecule has 84 valence electrons. The Kier molecular flexibility index (Phi) is 5.37. The Morgan fingerprint density at radius 2 is 2.07 bits per heavy atom. The molecule has 2 heteroatoms. The first-order valence-electron chi connectivity index (χ1n) is 5.72. The number of benzene rings is 1. The predicted molar refractivity (Wildman–Crippen MR) is 66.0 cm³/mol. The maximum atomic E-state index is 5.50. The van der Waals surface area contributed by atoms with Crippen LogP contribution in [0.15, 0.2) is 24.3 Å². The van der Waals surface area contributed by atoms with Gasteiger partial charge in [-0.05, 0) is 50.9 Å². The van der Waals surface area contributed by atoms with E-state index in [-0.39, 0.29) is 0 Å². The summed E-state index contributed by atoms with van der Waals surface area (Å²) in [4.78, 5) is 0. The molecule has 3 N–H and O–H groups in total. The molecule has 0 heterocycles. The molecule has 0 aliphatic carbocycles. The fourth-order valence-corrected chi connectivity index (χ4v) is 1.70. The molecule has 1 aromatic rings. The van der Waals surface area contributed by atoms with Crippen molar-refractivity contribution in [3.63, 3.8) is 0 Å². The molecule has 2 nitrogen and oxygen atoms in total. The fraction of sp³-hybridized carbons (Fsp3) is 0.538. The van der Waals surface area contributed by atoms with Crippen molar-refractivity contribution in [3.8, 4) is 0 Å². The van der Waals surface area contributed by atoms with Gasteiger partial charge < -0.3 is 11.1 Å². The van der Waals surface area contributed by atoms with E-state index >= 15 is 0 Å². The summed E-state index contributed by atoms with van der Waals surface area (Å²) < 4.78 is 0. The van der Waals surface area contributed by atoms with Gasteiger partial charge in [0.25, 0.3) is 0 Å². The van der Waals surface area contributed by atoms with Crippen LogP contribution in [0.4, 0.5) is 0 Å².